The highest BCUT2D eigenvalue weighted by molar-refractivity contribution is 7.99. The van der Waals surface area contributed by atoms with E-state index in [4.69, 9.17) is 5.11 Å². The van der Waals surface area contributed by atoms with Gasteiger partial charge in [-0.05, 0) is 25.7 Å². The zero-order valence-corrected chi connectivity index (χ0v) is 13.0. The van der Waals surface area contributed by atoms with Crippen LogP contribution in [0.2, 0.25) is 0 Å². The molecule has 1 saturated heterocycles. The van der Waals surface area contributed by atoms with E-state index in [0.29, 0.717) is 43.7 Å². The highest BCUT2D eigenvalue weighted by Gasteiger charge is 2.35. The molecular formula is C14H22N2O4S. The lowest BCUT2D eigenvalue weighted by molar-refractivity contribution is -0.143. The molecule has 0 aromatic heterocycles. The lowest BCUT2D eigenvalue weighted by atomic mass is 9.86. The van der Waals surface area contributed by atoms with Crippen molar-refractivity contribution in [3.63, 3.8) is 0 Å². The van der Waals surface area contributed by atoms with Gasteiger partial charge >= 0.3 is 5.97 Å². The number of nitrogens with one attached hydrogen (secondary N) is 1. The summed E-state index contributed by atoms with van der Waals surface area (Å²) in [6, 6.07) is -0.336. The maximum absolute atomic E-state index is 12.3. The van der Waals surface area contributed by atoms with Gasteiger partial charge in [0.1, 0.15) is 6.04 Å². The van der Waals surface area contributed by atoms with Crippen molar-refractivity contribution in [2.75, 3.05) is 11.6 Å². The Labute approximate surface area is 128 Å². The van der Waals surface area contributed by atoms with Crippen molar-refractivity contribution in [2.45, 2.75) is 51.1 Å². The van der Waals surface area contributed by atoms with Crippen molar-refractivity contribution < 1.29 is 19.5 Å². The smallest absolute Gasteiger partial charge is 0.306 e. The Bertz CT molecular complexity index is 421. The summed E-state index contributed by atoms with van der Waals surface area (Å²) in [7, 11) is 0. The van der Waals surface area contributed by atoms with E-state index in [-0.39, 0.29) is 29.8 Å². The average Bonchev–Trinajstić information content (AvgIpc) is 2.96. The fourth-order valence-electron chi connectivity index (χ4n) is 2.89. The van der Waals surface area contributed by atoms with Crippen LogP contribution in [0.3, 0.4) is 0 Å². The highest BCUT2D eigenvalue weighted by Crippen LogP contribution is 2.26. The molecule has 0 aromatic carbocycles. The van der Waals surface area contributed by atoms with Crippen LogP contribution < -0.4 is 5.32 Å². The summed E-state index contributed by atoms with van der Waals surface area (Å²) >= 11 is 1.60. The molecular weight excluding hydrogens is 292 g/mol. The molecule has 21 heavy (non-hydrogen) atoms. The molecule has 0 radical (unpaired) electrons. The molecule has 2 N–H and O–H groups in total. The van der Waals surface area contributed by atoms with Gasteiger partial charge in [0.25, 0.3) is 0 Å². The SMILES string of the molecule is CCC(=O)N1CSCC1C(=O)NC1CCC(C(=O)O)CC1. The van der Waals surface area contributed by atoms with Gasteiger partial charge in [-0.3, -0.25) is 14.4 Å². The summed E-state index contributed by atoms with van der Waals surface area (Å²) < 4.78 is 0. The lowest BCUT2D eigenvalue weighted by Gasteiger charge is -2.29. The fourth-order valence-corrected chi connectivity index (χ4v) is 4.07. The number of carbonyl (C=O) groups excluding carboxylic acids is 2. The lowest BCUT2D eigenvalue weighted by Crippen LogP contribution is -2.50. The third kappa shape index (κ3) is 3.90. The Morgan fingerprint density at radius 3 is 2.48 bits per heavy atom. The van der Waals surface area contributed by atoms with E-state index >= 15 is 0 Å². The van der Waals surface area contributed by atoms with Gasteiger partial charge in [-0.2, -0.15) is 0 Å². The van der Waals surface area contributed by atoms with Gasteiger partial charge in [-0.1, -0.05) is 6.92 Å². The Kier molecular flexibility index (Phi) is 5.50. The van der Waals surface area contributed by atoms with Crippen LogP contribution in [0, 0.1) is 5.92 Å². The van der Waals surface area contributed by atoms with Crippen LogP contribution >= 0.6 is 11.8 Å². The number of hydrogen-bond donors (Lipinski definition) is 2. The molecule has 1 atom stereocenters. The van der Waals surface area contributed by atoms with Crippen LogP contribution in [0.15, 0.2) is 0 Å². The quantitative estimate of drug-likeness (QED) is 0.810. The van der Waals surface area contributed by atoms with Gasteiger partial charge in [0.05, 0.1) is 11.8 Å². The molecule has 1 heterocycles. The number of aliphatic carboxylic acids is 1. The van der Waals surface area contributed by atoms with Gasteiger partial charge < -0.3 is 15.3 Å². The predicted molar refractivity (Wildman–Crippen MR) is 79.8 cm³/mol. The number of hydrogen-bond acceptors (Lipinski definition) is 4. The van der Waals surface area contributed by atoms with E-state index in [0.717, 1.165) is 0 Å². The van der Waals surface area contributed by atoms with Crippen molar-refractivity contribution in [1.82, 2.24) is 10.2 Å². The number of amides is 2. The second-order valence-electron chi connectivity index (χ2n) is 5.63. The molecule has 2 amide bonds. The van der Waals surface area contributed by atoms with Gasteiger partial charge in [0.2, 0.25) is 11.8 Å². The Hall–Kier alpha value is -1.24. The van der Waals surface area contributed by atoms with Gasteiger partial charge in [-0.15, -0.1) is 11.8 Å². The number of carboxylic acids is 1. The van der Waals surface area contributed by atoms with Crippen molar-refractivity contribution >= 4 is 29.5 Å². The first kappa shape index (κ1) is 16.1. The average molecular weight is 314 g/mol. The summed E-state index contributed by atoms with van der Waals surface area (Å²) in [6.07, 6.45) is 3.03. The number of rotatable bonds is 4. The topological polar surface area (TPSA) is 86.7 Å². The summed E-state index contributed by atoms with van der Waals surface area (Å²) in [5.74, 6) is 0.110. The summed E-state index contributed by atoms with van der Waals surface area (Å²) in [5.41, 5.74) is 0. The predicted octanol–water partition coefficient (Wildman–Crippen LogP) is 1.06. The number of carboxylic acid groups (broad SMARTS) is 1. The minimum atomic E-state index is -0.744. The number of thioether (sulfide) groups is 1. The molecule has 7 heteroatoms. The molecule has 6 nitrogen and oxygen atoms in total. The van der Waals surface area contributed by atoms with Gasteiger partial charge in [0, 0.05) is 18.2 Å². The van der Waals surface area contributed by atoms with E-state index in [9.17, 15) is 14.4 Å². The van der Waals surface area contributed by atoms with Crippen LogP contribution in [-0.4, -0.2) is 51.5 Å². The van der Waals surface area contributed by atoms with Crippen LogP contribution in [0.1, 0.15) is 39.0 Å². The molecule has 1 saturated carbocycles. The number of nitrogens with zero attached hydrogens (tertiary/aromatic N) is 1. The van der Waals surface area contributed by atoms with Crippen LogP contribution in [0.5, 0.6) is 0 Å². The largest absolute Gasteiger partial charge is 0.481 e. The third-order valence-electron chi connectivity index (χ3n) is 4.23. The standard InChI is InChI=1S/C14H22N2O4S/c1-2-12(17)16-8-21-7-11(16)13(18)15-10-5-3-9(4-6-10)14(19)20/h9-11H,2-8H2,1H3,(H,15,18)(H,19,20). The molecule has 2 rings (SSSR count). The summed E-state index contributed by atoms with van der Waals surface area (Å²) in [4.78, 5) is 36.7. The molecule has 2 fully saturated rings. The molecule has 0 aromatic rings. The number of carbonyl (C=O) groups is 3. The first-order chi connectivity index (χ1) is 10.0. The van der Waals surface area contributed by atoms with E-state index in [1.165, 1.54) is 0 Å². The minimum absolute atomic E-state index is 0.00901. The van der Waals surface area contributed by atoms with Crippen molar-refractivity contribution in [2.24, 2.45) is 5.92 Å². The Morgan fingerprint density at radius 1 is 1.24 bits per heavy atom. The normalized spacial score (nSPS) is 29.2. The Morgan fingerprint density at radius 2 is 1.90 bits per heavy atom. The van der Waals surface area contributed by atoms with E-state index in [1.54, 1.807) is 23.6 Å². The second-order valence-corrected chi connectivity index (χ2v) is 6.63. The maximum Gasteiger partial charge on any atom is 0.306 e. The first-order valence-corrected chi connectivity index (χ1v) is 8.58. The van der Waals surface area contributed by atoms with Crippen molar-refractivity contribution in [3.8, 4) is 0 Å². The highest BCUT2D eigenvalue weighted by atomic mass is 32.2. The molecule has 1 aliphatic heterocycles. The van der Waals surface area contributed by atoms with Crippen LogP contribution in [0.25, 0.3) is 0 Å². The van der Waals surface area contributed by atoms with E-state index < -0.39 is 5.97 Å². The van der Waals surface area contributed by atoms with Crippen LogP contribution in [0.4, 0.5) is 0 Å². The maximum atomic E-state index is 12.3. The zero-order valence-electron chi connectivity index (χ0n) is 12.2. The molecule has 1 unspecified atom stereocenters. The van der Waals surface area contributed by atoms with Crippen molar-refractivity contribution in [1.29, 1.82) is 0 Å². The minimum Gasteiger partial charge on any atom is -0.481 e. The van der Waals surface area contributed by atoms with Gasteiger partial charge in [0.15, 0.2) is 0 Å². The van der Waals surface area contributed by atoms with Gasteiger partial charge in [-0.25, -0.2) is 0 Å². The van der Waals surface area contributed by atoms with E-state index in [2.05, 4.69) is 5.32 Å². The first-order valence-electron chi connectivity index (χ1n) is 7.43. The summed E-state index contributed by atoms with van der Waals surface area (Å²) in [5, 5.41) is 12.0. The van der Waals surface area contributed by atoms with Crippen molar-refractivity contribution in [3.05, 3.63) is 0 Å². The monoisotopic (exact) mass is 314 g/mol. The Balaban J connectivity index is 1.84. The molecule has 1 aliphatic carbocycles. The summed E-state index contributed by atoms with van der Waals surface area (Å²) in [6.45, 7) is 1.80. The molecule has 0 bridgehead atoms. The third-order valence-corrected chi connectivity index (χ3v) is 5.24. The molecule has 118 valence electrons. The van der Waals surface area contributed by atoms with Crippen LogP contribution in [-0.2, 0) is 14.4 Å². The van der Waals surface area contributed by atoms with E-state index in [1.807, 2.05) is 0 Å². The second kappa shape index (κ2) is 7.15. The fraction of sp³-hybridized carbons (Fsp3) is 0.786. The zero-order chi connectivity index (χ0) is 15.4. The molecule has 2 aliphatic rings. The molecule has 0 spiro atoms.